The summed E-state index contributed by atoms with van der Waals surface area (Å²) in [5.41, 5.74) is 0. The molecule has 0 unspecified atom stereocenters. The predicted octanol–water partition coefficient (Wildman–Crippen LogP) is 1.23. The number of carbonyl (C=O) groups is 1. The summed E-state index contributed by atoms with van der Waals surface area (Å²) < 4.78 is 23.0. The molecule has 0 rings (SSSR count). The fourth-order valence-electron chi connectivity index (χ4n) is 0. The molecule has 1 nitrogen and oxygen atoms in total. The monoisotopic (exact) mass is 108 g/mol. The summed E-state index contributed by atoms with van der Waals surface area (Å²) in [7, 11) is 0. The van der Waals surface area contributed by atoms with Gasteiger partial charge in [-0.3, -0.25) is 4.79 Å². The highest BCUT2D eigenvalue weighted by Gasteiger charge is 2.26. The maximum Gasteiger partial charge on any atom is 0.302 e. The van der Waals surface area contributed by atoms with E-state index in [1.807, 2.05) is 0 Å². The van der Waals surface area contributed by atoms with Crippen LogP contribution in [0.25, 0.3) is 0 Å². The third-order valence-corrected chi connectivity index (χ3v) is 0.618. The second kappa shape index (κ2) is 1.56. The standard InChI is InChI=1S/C4H6F2O/c1-3(7)4(2,5)6/h1-2H3. The van der Waals surface area contributed by atoms with Crippen molar-refractivity contribution >= 4 is 5.78 Å². The first-order valence-electron chi connectivity index (χ1n) is 1.83. The highest BCUT2D eigenvalue weighted by molar-refractivity contribution is 5.82. The zero-order valence-electron chi connectivity index (χ0n) is 4.16. The zero-order valence-corrected chi connectivity index (χ0v) is 4.16. The van der Waals surface area contributed by atoms with E-state index in [0.717, 1.165) is 6.92 Å². The summed E-state index contributed by atoms with van der Waals surface area (Å²) in [5, 5.41) is 0. The summed E-state index contributed by atoms with van der Waals surface area (Å²) in [5.74, 6) is -4.23. The minimum atomic E-state index is -3.14. The van der Waals surface area contributed by atoms with E-state index in [1.54, 1.807) is 0 Å². The minimum absolute atomic E-state index is 0.579. The Morgan fingerprint density at radius 2 is 1.71 bits per heavy atom. The van der Waals surface area contributed by atoms with Gasteiger partial charge < -0.3 is 0 Å². The molecular formula is C4H6F2O. The summed E-state index contributed by atoms with van der Waals surface area (Å²) in [6, 6.07) is 0. The normalized spacial score (nSPS) is 11.4. The molecule has 0 fully saturated rings. The zero-order chi connectivity index (χ0) is 6.08. The second-order valence-corrected chi connectivity index (χ2v) is 1.44. The Kier molecular flexibility index (Phi) is 1.45. The van der Waals surface area contributed by atoms with Gasteiger partial charge in [0, 0.05) is 13.8 Å². The van der Waals surface area contributed by atoms with Gasteiger partial charge in [0.05, 0.1) is 0 Å². The Bertz CT molecular complexity index is 82.2. The van der Waals surface area contributed by atoms with Crippen molar-refractivity contribution in [2.75, 3.05) is 0 Å². The van der Waals surface area contributed by atoms with E-state index < -0.39 is 11.7 Å². The van der Waals surface area contributed by atoms with E-state index >= 15 is 0 Å². The van der Waals surface area contributed by atoms with Gasteiger partial charge in [-0.25, -0.2) is 0 Å². The van der Waals surface area contributed by atoms with Crippen molar-refractivity contribution < 1.29 is 13.6 Å². The van der Waals surface area contributed by atoms with Crippen LogP contribution in [0.4, 0.5) is 8.78 Å². The Labute approximate surface area is 40.3 Å². The Hall–Kier alpha value is -0.470. The van der Waals surface area contributed by atoms with Crippen LogP contribution in [0.15, 0.2) is 0 Å². The van der Waals surface area contributed by atoms with E-state index in [0.29, 0.717) is 6.92 Å². The Morgan fingerprint density at radius 1 is 1.57 bits per heavy atom. The van der Waals surface area contributed by atoms with Crippen LogP contribution < -0.4 is 0 Å². The van der Waals surface area contributed by atoms with Crippen molar-refractivity contribution in [1.82, 2.24) is 0 Å². The third kappa shape index (κ3) is 2.25. The lowest BCUT2D eigenvalue weighted by atomic mass is 10.3. The Balaban J connectivity index is 3.79. The van der Waals surface area contributed by atoms with Gasteiger partial charge in [-0.2, -0.15) is 8.78 Å². The van der Waals surface area contributed by atoms with Gasteiger partial charge in [0.2, 0.25) is 0 Å². The molecule has 0 spiro atoms. The number of carbonyl (C=O) groups excluding carboxylic acids is 1. The predicted molar refractivity (Wildman–Crippen MR) is 21.3 cm³/mol. The minimum Gasteiger partial charge on any atom is -0.293 e. The summed E-state index contributed by atoms with van der Waals surface area (Å²) >= 11 is 0. The second-order valence-electron chi connectivity index (χ2n) is 1.44. The van der Waals surface area contributed by atoms with Gasteiger partial charge in [-0.05, 0) is 0 Å². The average molecular weight is 108 g/mol. The molecule has 42 valence electrons. The third-order valence-electron chi connectivity index (χ3n) is 0.618. The molecular weight excluding hydrogens is 102 g/mol. The molecule has 0 aromatic rings. The summed E-state index contributed by atoms with van der Waals surface area (Å²) in [6.07, 6.45) is 0. The first kappa shape index (κ1) is 6.53. The SMILES string of the molecule is CC(=O)C(C)(F)F. The van der Waals surface area contributed by atoms with Crippen molar-refractivity contribution in [3.8, 4) is 0 Å². The molecule has 0 aliphatic carbocycles. The van der Waals surface area contributed by atoms with E-state index in [2.05, 4.69) is 0 Å². The molecule has 0 amide bonds. The first-order valence-corrected chi connectivity index (χ1v) is 1.83. The van der Waals surface area contributed by atoms with Gasteiger partial charge in [-0.1, -0.05) is 0 Å². The molecule has 7 heavy (non-hydrogen) atoms. The number of halogens is 2. The van der Waals surface area contributed by atoms with Crippen LogP contribution in [0.1, 0.15) is 13.8 Å². The lowest BCUT2D eigenvalue weighted by molar-refractivity contribution is -0.138. The van der Waals surface area contributed by atoms with Gasteiger partial charge in [0.25, 0.3) is 0 Å². The van der Waals surface area contributed by atoms with Crippen molar-refractivity contribution in [1.29, 1.82) is 0 Å². The number of alkyl halides is 2. The largest absolute Gasteiger partial charge is 0.302 e. The van der Waals surface area contributed by atoms with Crippen LogP contribution in [0, 0.1) is 0 Å². The fraction of sp³-hybridized carbons (Fsp3) is 0.750. The highest BCUT2D eigenvalue weighted by atomic mass is 19.3. The quantitative estimate of drug-likeness (QED) is 0.493. The van der Waals surface area contributed by atoms with Gasteiger partial charge in [0.15, 0.2) is 5.78 Å². The van der Waals surface area contributed by atoms with Crippen molar-refractivity contribution in [3.05, 3.63) is 0 Å². The molecule has 3 heteroatoms. The number of ketones is 1. The highest BCUT2D eigenvalue weighted by Crippen LogP contribution is 2.10. The van der Waals surface area contributed by atoms with E-state index in [-0.39, 0.29) is 0 Å². The molecule has 0 aliphatic heterocycles. The number of hydrogen-bond donors (Lipinski definition) is 0. The molecule has 0 atom stereocenters. The maximum atomic E-state index is 11.5. The molecule has 0 bridgehead atoms. The van der Waals surface area contributed by atoms with Crippen molar-refractivity contribution in [2.45, 2.75) is 19.8 Å². The molecule has 0 aromatic carbocycles. The molecule has 0 radical (unpaired) electrons. The van der Waals surface area contributed by atoms with Crippen LogP contribution in [-0.4, -0.2) is 11.7 Å². The number of rotatable bonds is 1. The Morgan fingerprint density at radius 3 is 1.71 bits per heavy atom. The van der Waals surface area contributed by atoms with Crippen LogP contribution >= 0.6 is 0 Å². The van der Waals surface area contributed by atoms with Crippen LogP contribution in [0.5, 0.6) is 0 Å². The fourth-order valence-corrected chi connectivity index (χ4v) is 0. The van der Waals surface area contributed by atoms with Gasteiger partial charge in [-0.15, -0.1) is 0 Å². The topological polar surface area (TPSA) is 17.1 Å². The molecule has 0 saturated heterocycles. The van der Waals surface area contributed by atoms with E-state index in [1.165, 1.54) is 0 Å². The molecule has 0 saturated carbocycles. The van der Waals surface area contributed by atoms with Gasteiger partial charge in [0.1, 0.15) is 0 Å². The molecule has 0 N–H and O–H groups in total. The van der Waals surface area contributed by atoms with E-state index in [9.17, 15) is 13.6 Å². The van der Waals surface area contributed by atoms with E-state index in [4.69, 9.17) is 0 Å². The smallest absolute Gasteiger partial charge is 0.293 e. The number of hydrogen-bond acceptors (Lipinski definition) is 1. The van der Waals surface area contributed by atoms with Crippen molar-refractivity contribution in [3.63, 3.8) is 0 Å². The van der Waals surface area contributed by atoms with Crippen LogP contribution in [0.3, 0.4) is 0 Å². The maximum absolute atomic E-state index is 11.5. The summed E-state index contributed by atoms with van der Waals surface area (Å²) in [6.45, 7) is 1.44. The molecule has 0 heterocycles. The lowest BCUT2D eigenvalue weighted by Crippen LogP contribution is -2.20. The average Bonchev–Trinajstić information content (AvgIpc) is 1.31. The van der Waals surface area contributed by atoms with Gasteiger partial charge >= 0.3 is 5.92 Å². The number of Topliss-reactive ketones (excluding diaryl/α,β-unsaturated/α-hetero) is 1. The van der Waals surface area contributed by atoms with Crippen LogP contribution in [0.2, 0.25) is 0 Å². The van der Waals surface area contributed by atoms with Crippen molar-refractivity contribution in [2.24, 2.45) is 0 Å². The van der Waals surface area contributed by atoms with Crippen LogP contribution in [-0.2, 0) is 4.79 Å². The summed E-state index contributed by atoms with van der Waals surface area (Å²) in [4.78, 5) is 9.72. The first-order chi connectivity index (χ1) is 2.94. The lowest BCUT2D eigenvalue weighted by Gasteiger charge is -2.01. The molecule has 0 aromatic heterocycles. The molecule has 0 aliphatic rings.